The van der Waals surface area contributed by atoms with Crippen molar-refractivity contribution in [3.8, 4) is 0 Å². The van der Waals surface area contributed by atoms with Gasteiger partial charge in [0.15, 0.2) is 5.84 Å². The summed E-state index contributed by atoms with van der Waals surface area (Å²) in [6.07, 6.45) is 2.82. The lowest BCUT2D eigenvalue weighted by Gasteiger charge is -2.16. The van der Waals surface area contributed by atoms with Crippen molar-refractivity contribution in [2.45, 2.75) is 45.6 Å². The van der Waals surface area contributed by atoms with Gasteiger partial charge in [-0.3, -0.25) is 4.79 Å². The number of carbonyl (C=O) groups excluding carboxylic acids is 1. The van der Waals surface area contributed by atoms with Crippen molar-refractivity contribution in [3.05, 3.63) is 0 Å². The number of oxime groups is 1. The van der Waals surface area contributed by atoms with E-state index >= 15 is 0 Å². The number of nitrogens with two attached hydrogens (primary N) is 1. The van der Waals surface area contributed by atoms with Crippen LogP contribution in [0.25, 0.3) is 0 Å². The Bertz CT molecular complexity index is 204. The molecule has 0 radical (unpaired) electrons. The quantitative estimate of drug-likeness (QED) is 0.257. The number of rotatable bonds is 6. The zero-order chi connectivity index (χ0) is 11.0. The highest BCUT2D eigenvalue weighted by Crippen LogP contribution is 1.98. The maximum atomic E-state index is 11.2. The predicted octanol–water partition coefficient (Wildman–Crippen LogP) is 0.818. The molecule has 1 unspecified atom stereocenters. The molecule has 0 fully saturated rings. The number of nitrogens with one attached hydrogen (secondary N) is 1. The van der Waals surface area contributed by atoms with Gasteiger partial charge in [-0.2, -0.15) is 0 Å². The lowest BCUT2D eigenvalue weighted by Crippen LogP contribution is -2.44. The summed E-state index contributed by atoms with van der Waals surface area (Å²) >= 11 is 0. The topological polar surface area (TPSA) is 87.7 Å². The van der Waals surface area contributed by atoms with Gasteiger partial charge >= 0.3 is 0 Å². The summed E-state index contributed by atoms with van der Waals surface area (Å²) in [6, 6.07) is -0.343. The summed E-state index contributed by atoms with van der Waals surface area (Å²) in [5, 5.41) is 14.1. The summed E-state index contributed by atoms with van der Waals surface area (Å²) in [4.78, 5) is 11.2. The molecule has 5 heteroatoms. The van der Waals surface area contributed by atoms with E-state index < -0.39 is 0 Å². The van der Waals surface area contributed by atoms with E-state index in [0.717, 1.165) is 12.8 Å². The highest BCUT2D eigenvalue weighted by molar-refractivity contribution is 5.89. The van der Waals surface area contributed by atoms with Gasteiger partial charge in [0.2, 0.25) is 5.91 Å². The molecular weight excluding hydrogens is 182 g/mol. The minimum Gasteiger partial charge on any atom is -0.409 e. The van der Waals surface area contributed by atoms with Gasteiger partial charge in [0.1, 0.15) is 0 Å². The van der Waals surface area contributed by atoms with E-state index in [2.05, 4.69) is 10.5 Å². The summed E-state index contributed by atoms with van der Waals surface area (Å²) < 4.78 is 0. The van der Waals surface area contributed by atoms with E-state index in [1.165, 1.54) is 0 Å². The van der Waals surface area contributed by atoms with Crippen LogP contribution < -0.4 is 11.1 Å². The molecule has 0 aromatic heterocycles. The number of amidine groups is 1. The minimum absolute atomic E-state index is 0.0578. The lowest BCUT2D eigenvalue weighted by atomic mass is 10.1. The van der Waals surface area contributed by atoms with Gasteiger partial charge < -0.3 is 16.3 Å². The Morgan fingerprint density at radius 1 is 1.50 bits per heavy atom. The van der Waals surface area contributed by atoms with Crippen LogP contribution >= 0.6 is 0 Å². The van der Waals surface area contributed by atoms with Crippen molar-refractivity contribution in [1.82, 2.24) is 5.32 Å². The first-order valence-corrected chi connectivity index (χ1v) is 4.92. The smallest absolute Gasteiger partial charge is 0.220 e. The first kappa shape index (κ1) is 12.7. The molecule has 5 nitrogen and oxygen atoms in total. The maximum Gasteiger partial charge on any atom is 0.220 e. The number of amides is 1. The Hall–Kier alpha value is -1.26. The molecule has 0 saturated carbocycles. The van der Waals surface area contributed by atoms with E-state index in [0.29, 0.717) is 12.8 Å². The average molecular weight is 201 g/mol. The van der Waals surface area contributed by atoms with Gasteiger partial charge in [-0.05, 0) is 12.8 Å². The van der Waals surface area contributed by atoms with Crippen molar-refractivity contribution in [2.24, 2.45) is 10.9 Å². The molecule has 0 aromatic carbocycles. The first-order chi connectivity index (χ1) is 6.65. The lowest BCUT2D eigenvalue weighted by molar-refractivity contribution is -0.121. The van der Waals surface area contributed by atoms with Crippen molar-refractivity contribution in [1.29, 1.82) is 0 Å². The molecule has 0 aliphatic rings. The molecule has 0 heterocycles. The Labute approximate surface area is 84.4 Å². The third kappa shape index (κ3) is 4.69. The van der Waals surface area contributed by atoms with Gasteiger partial charge in [-0.25, -0.2) is 0 Å². The second kappa shape index (κ2) is 7.17. The average Bonchev–Trinajstić information content (AvgIpc) is 2.16. The molecule has 0 aliphatic heterocycles. The van der Waals surface area contributed by atoms with Crippen LogP contribution in [0, 0.1) is 0 Å². The predicted molar refractivity (Wildman–Crippen MR) is 55.2 cm³/mol. The Morgan fingerprint density at radius 2 is 2.14 bits per heavy atom. The molecule has 0 aliphatic carbocycles. The molecule has 1 amide bonds. The van der Waals surface area contributed by atoms with Gasteiger partial charge in [0, 0.05) is 6.42 Å². The van der Waals surface area contributed by atoms with Crippen LogP contribution in [0.1, 0.15) is 39.5 Å². The van der Waals surface area contributed by atoms with E-state index in [1.54, 1.807) is 0 Å². The fourth-order valence-corrected chi connectivity index (χ4v) is 1.15. The first-order valence-electron chi connectivity index (χ1n) is 4.92. The van der Waals surface area contributed by atoms with Crippen LogP contribution in [-0.4, -0.2) is 23.0 Å². The Morgan fingerprint density at radius 3 is 2.57 bits per heavy atom. The molecule has 0 saturated heterocycles. The summed E-state index contributed by atoms with van der Waals surface area (Å²) in [5.41, 5.74) is 5.43. The summed E-state index contributed by atoms with van der Waals surface area (Å²) in [6.45, 7) is 3.90. The molecule has 0 aromatic rings. The zero-order valence-electron chi connectivity index (χ0n) is 8.79. The molecule has 82 valence electrons. The van der Waals surface area contributed by atoms with Gasteiger partial charge in [0.25, 0.3) is 0 Å². The minimum atomic E-state index is -0.343. The molecule has 0 spiro atoms. The summed E-state index contributed by atoms with van der Waals surface area (Å²) in [7, 11) is 0. The Balaban J connectivity index is 4.15. The maximum absolute atomic E-state index is 11.2. The van der Waals surface area contributed by atoms with Crippen LogP contribution in [0.5, 0.6) is 0 Å². The van der Waals surface area contributed by atoms with E-state index in [9.17, 15) is 4.79 Å². The highest BCUT2D eigenvalue weighted by atomic mass is 16.4. The van der Waals surface area contributed by atoms with E-state index in [4.69, 9.17) is 10.9 Å². The fraction of sp³-hybridized carbons (Fsp3) is 0.778. The van der Waals surface area contributed by atoms with Crippen LogP contribution in [0.3, 0.4) is 0 Å². The second-order valence-electron chi connectivity index (χ2n) is 3.18. The number of hydrogen-bond acceptors (Lipinski definition) is 3. The molecule has 0 bridgehead atoms. The Kier molecular flexibility index (Phi) is 6.53. The van der Waals surface area contributed by atoms with Crippen molar-refractivity contribution in [2.75, 3.05) is 0 Å². The molecular formula is C9H19N3O2. The zero-order valence-corrected chi connectivity index (χ0v) is 8.79. The van der Waals surface area contributed by atoms with Crippen LogP contribution in [0.15, 0.2) is 5.16 Å². The van der Waals surface area contributed by atoms with Crippen molar-refractivity contribution >= 4 is 11.7 Å². The second-order valence-corrected chi connectivity index (χ2v) is 3.18. The van der Waals surface area contributed by atoms with Crippen LogP contribution in [-0.2, 0) is 4.79 Å². The number of nitrogens with zero attached hydrogens (tertiary/aromatic N) is 1. The van der Waals surface area contributed by atoms with Crippen LogP contribution in [0.4, 0.5) is 0 Å². The van der Waals surface area contributed by atoms with Gasteiger partial charge in [-0.15, -0.1) is 0 Å². The standard InChI is InChI=1S/C9H19N3O2/c1-3-5-7(9(10)12-14)11-8(13)6-4-2/h7,14H,3-6H2,1-2H3,(H2,10,12)(H,11,13). The molecule has 14 heavy (non-hydrogen) atoms. The number of carbonyl (C=O) groups is 1. The third-order valence-electron chi connectivity index (χ3n) is 1.86. The largest absolute Gasteiger partial charge is 0.409 e. The van der Waals surface area contributed by atoms with E-state index in [-0.39, 0.29) is 17.8 Å². The van der Waals surface area contributed by atoms with Crippen molar-refractivity contribution < 1.29 is 10.0 Å². The van der Waals surface area contributed by atoms with Gasteiger partial charge in [-0.1, -0.05) is 25.4 Å². The summed E-state index contributed by atoms with van der Waals surface area (Å²) in [5.74, 6) is 0.00820. The number of hydrogen-bond donors (Lipinski definition) is 3. The van der Waals surface area contributed by atoms with Crippen LogP contribution in [0.2, 0.25) is 0 Å². The van der Waals surface area contributed by atoms with E-state index in [1.807, 2.05) is 13.8 Å². The molecule has 1 atom stereocenters. The monoisotopic (exact) mass is 201 g/mol. The fourth-order valence-electron chi connectivity index (χ4n) is 1.15. The normalized spacial score (nSPS) is 13.7. The highest BCUT2D eigenvalue weighted by Gasteiger charge is 2.14. The van der Waals surface area contributed by atoms with Gasteiger partial charge in [0.05, 0.1) is 6.04 Å². The van der Waals surface area contributed by atoms with Crippen molar-refractivity contribution in [3.63, 3.8) is 0 Å². The third-order valence-corrected chi connectivity index (χ3v) is 1.86. The molecule has 4 N–H and O–H groups in total. The molecule has 0 rings (SSSR count). The SMILES string of the molecule is CCCC(=O)NC(CCC)/C(N)=N/O.